The number of nitrogens with zero attached hydrogens (tertiary/aromatic N) is 3. The van der Waals surface area contributed by atoms with Gasteiger partial charge in [0.25, 0.3) is 0 Å². The number of carboxylic acids is 1. The second-order valence-corrected chi connectivity index (χ2v) is 9.64. The van der Waals surface area contributed by atoms with Gasteiger partial charge >= 0.3 is 5.97 Å². The summed E-state index contributed by atoms with van der Waals surface area (Å²) in [7, 11) is 0. The standard InChI is InChI=1S/C26H28FN7O5/c27-15-10-30-26(31-11-15)33-20-7-14(24(28)37)8-21-19(20)12-32-34(21)23(25(29)38)18(9-22(35)36)13-2-1-3-17(6-13)39-16-4-5-16/h1-3,6-8,12,15-16,18,23H,4-5,9-11H2,(H2,28,37)(H2,29,38)(H,35,36)(H2,30,31,33)/t18-,23?/m0/s1. The molecule has 39 heavy (non-hydrogen) atoms. The molecule has 12 nitrogen and oxygen atoms in total. The van der Waals surface area contributed by atoms with Crippen LogP contribution in [0.4, 0.5) is 10.1 Å². The summed E-state index contributed by atoms with van der Waals surface area (Å²) in [5, 5.41) is 20.5. The van der Waals surface area contributed by atoms with Gasteiger partial charge in [0, 0.05) is 16.9 Å². The van der Waals surface area contributed by atoms with Crippen molar-refractivity contribution in [3.8, 4) is 5.75 Å². The second kappa shape index (κ2) is 10.6. The maximum absolute atomic E-state index is 13.5. The Morgan fingerprint density at radius 1 is 1.23 bits per heavy atom. The summed E-state index contributed by atoms with van der Waals surface area (Å²) in [4.78, 5) is 41.2. The van der Waals surface area contributed by atoms with Crippen LogP contribution < -0.4 is 26.8 Å². The number of carbonyl (C=O) groups is 3. The van der Waals surface area contributed by atoms with Gasteiger partial charge < -0.3 is 31.9 Å². The highest BCUT2D eigenvalue weighted by Crippen LogP contribution is 2.37. The van der Waals surface area contributed by atoms with E-state index in [1.165, 1.54) is 23.0 Å². The van der Waals surface area contributed by atoms with Crippen LogP contribution in [-0.2, 0) is 9.59 Å². The smallest absolute Gasteiger partial charge is 0.304 e. The number of amides is 2. The Morgan fingerprint density at radius 2 is 2.03 bits per heavy atom. The Kier molecular flexibility index (Phi) is 7.05. The number of aliphatic carboxylic acids is 1. The van der Waals surface area contributed by atoms with Crippen LogP contribution in [0.2, 0.25) is 0 Å². The maximum Gasteiger partial charge on any atom is 0.304 e. The van der Waals surface area contributed by atoms with Gasteiger partial charge in [0.15, 0.2) is 5.96 Å². The van der Waals surface area contributed by atoms with Crippen LogP contribution in [0.3, 0.4) is 0 Å². The number of rotatable bonds is 10. The Morgan fingerprint density at radius 3 is 2.67 bits per heavy atom. The Labute approximate surface area is 222 Å². The number of guanidine groups is 1. The number of ether oxygens (including phenoxy) is 1. The van der Waals surface area contributed by atoms with Gasteiger partial charge in [-0.15, -0.1) is 0 Å². The zero-order valence-electron chi connectivity index (χ0n) is 20.8. The molecular formula is C26H28FN7O5. The SMILES string of the molecule is NC(=O)c1cc(NC2=NCC(F)CN2)c2cnn(C(C(N)=O)[C@@H](CC(=O)O)c3cccc(OC4CC4)c3)c2c1. The lowest BCUT2D eigenvalue weighted by atomic mass is 9.87. The number of hydrogen-bond donors (Lipinski definition) is 5. The number of aromatic nitrogens is 2. The van der Waals surface area contributed by atoms with Crippen molar-refractivity contribution >= 4 is 40.3 Å². The van der Waals surface area contributed by atoms with E-state index in [2.05, 4.69) is 20.7 Å². The molecule has 204 valence electrons. The number of carbonyl (C=O) groups excluding carboxylic acids is 2. The number of primary amides is 2. The molecule has 0 radical (unpaired) electrons. The fourth-order valence-electron chi connectivity index (χ4n) is 4.63. The van der Waals surface area contributed by atoms with E-state index in [0.717, 1.165) is 12.8 Å². The average Bonchev–Trinajstić information content (AvgIpc) is 3.61. The van der Waals surface area contributed by atoms with Crippen LogP contribution in [0.1, 0.15) is 47.1 Å². The summed E-state index contributed by atoms with van der Waals surface area (Å²) in [6, 6.07) is 8.64. The molecule has 1 saturated carbocycles. The molecule has 1 fully saturated rings. The van der Waals surface area contributed by atoms with Gasteiger partial charge in [-0.1, -0.05) is 12.1 Å². The number of aliphatic imine (C=N–C) groups is 1. The van der Waals surface area contributed by atoms with Gasteiger partial charge in [-0.25, -0.2) is 9.38 Å². The second-order valence-electron chi connectivity index (χ2n) is 9.64. The molecule has 3 atom stereocenters. The molecule has 0 saturated heterocycles. The van der Waals surface area contributed by atoms with E-state index in [1.54, 1.807) is 24.3 Å². The summed E-state index contributed by atoms with van der Waals surface area (Å²) in [6.45, 7) is 0.0330. The minimum absolute atomic E-state index is 0.0304. The largest absolute Gasteiger partial charge is 0.490 e. The Hall–Kier alpha value is -4.68. The van der Waals surface area contributed by atoms with Crippen molar-refractivity contribution in [1.82, 2.24) is 15.1 Å². The molecule has 7 N–H and O–H groups in total. The van der Waals surface area contributed by atoms with Crippen LogP contribution in [0.15, 0.2) is 47.6 Å². The van der Waals surface area contributed by atoms with Crippen LogP contribution in [0.25, 0.3) is 10.9 Å². The van der Waals surface area contributed by atoms with Gasteiger partial charge in [-0.3, -0.25) is 19.1 Å². The van der Waals surface area contributed by atoms with Gasteiger partial charge in [0.2, 0.25) is 11.8 Å². The van der Waals surface area contributed by atoms with Gasteiger partial charge in [0.05, 0.1) is 43.0 Å². The zero-order chi connectivity index (χ0) is 27.7. The lowest BCUT2D eigenvalue weighted by Crippen LogP contribution is -2.41. The topological polar surface area (TPSA) is 187 Å². The molecule has 0 bridgehead atoms. The highest BCUT2D eigenvalue weighted by molar-refractivity contribution is 6.07. The van der Waals surface area contributed by atoms with E-state index in [9.17, 15) is 23.9 Å². The Bertz CT molecular complexity index is 1470. The monoisotopic (exact) mass is 537 g/mol. The van der Waals surface area contributed by atoms with E-state index >= 15 is 0 Å². The van der Waals surface area contributed by atoms with Crippen molar-refractivity contribution in [3.05, 3.63) is 53.7 Å². The van der Waals surface area contributed by atoms with Crippen LogP contribution >= 0.6 is 0 Å². The first-order valence-electron chi connectivity index (χ1n) is 12.5. The number of alkyl halides is 1. The van der Waals surface area contributed by atoms with Gasteiger partial charge in [0.1, 0.15) is 18.0 Å². The normalized spacial score (nSPS) is 18.5. The van der Waals surface area contributed by atoms with Crippen LogP contribution in [0.5, 0.6) is 5.75 Å². The van der Waals surface area contributed by atoms with Crippen molar-refractivity contribution in [2.45, 2.75) is 43.5 Å². The predicted octanol–water partition coefficient (Wildman–Crippen LogP) is 1.67. The number of nitrogens with two attached hydrogens (primary N) is 2. The molecule has 1 aromatic heterocycles. The predicted molar refractivity (Wildman–Crippen MR) is 140 cm³/mol. The third-order valence-corrected chi connectivity index (χ3v) is 6.64. The van der Waals surface area contributed by atoms with Crippen molar-refractivity contribution < 1.29 is 28.6 Å². The molecule has 2 amide bonds. The third-order valence-electron chi connectivity index (χ3n) is 6.64. The summed E-state index contributed by atoms with van der Waals surface area (Å²) in [5.41, 5.74) is 12.8. The number of carboxylic acid groups (broad SMARTS) is 1. The highest BCUT2D eigenvalue weighted by atomic mass is 19.1. The minimum atomic E-state index is -1.23. The lowest BCUT2D eigenvalue weighted by molar-refractivity contribution is -0.138. The summed E-state index contributed by atoms with van der Waals surface area (Å²) in [6.07, 6.45) is 1.93. The average molecular weight is 538 g/mol. The first kappa shape index (κ1) is 25.9. The molecule has 0 spiro atoms. The fourth-order valence-corrected chi connectivity index (χ4v) is 4.63. The number of hydrogen-bond acceptors (Lipinski definition) is 8. The molecule has 2 unspecified atom stereocenters. The van der Waals surface area contributed by atoms with Crippen molar-refractivity contribution in [1.29, 1.82) is 0 Å². The van der Waals surface area contributed by atoms with Crippen molar-refractivity contribution in [2.75, 3.05) is 18.4 Å². The summed E-state index contributed by atoms with van der Waals surface area (Å²) >= 11 is 0. The summed E-state index contributed by atoms with van der Waals surface area (Å²) < 4.78 is 20.7. The third kappa shape index (κ3) is 5.76. The quantitative estimate of drug-likeness (QED) is 0.258. The minimum Gasteiger partial charge on any atom is -0.490 e. The Balaban J connectivity index is 1.59. The maximum atomic E-state index is 13.5. The van der Waals surface area contributed by atoms with E-state index in [1.807, 2.05) is 0 Å². The number of benzene rings is 2. The van der Waals surface area contributed by atoms with Gasteiger partial charge in [-0.05, 0) is 42.7 Å². The number of anilines is 1. The molecule has 3 aromatic rings. The first-order valence-corrected chi connectivity index (χ1v) is 12.5. The molecule has 1 aliphatic carbocycles. The number of halogens is 1. The van der Waals surface area contributed by atoms with Crippen molar-refractivity contribution in [3.63, 3.8) is 0 Å². The molecule has 1 aliphatic heterocycles. The van der Waals surface area contributed by atoms with E-state index < -0.39 is 42.3 Å². The molecule has 2 aromatic carbocycles. The fraction of sp³-hybridized carbons (Fsp3) is 0.346. The lowest BCUT2D eigenvalue weighted by Gasteiger charge is -2.26. The molecule has 5 rings (SSSR count). The molecular weight excluding hydrogens is 509 g/mol. The first-order chi connectivity index (χ1) is 18.7. The molecule has 2 aliphatic rings. The number of nitrogens with one attached hydrogen (secondary N) is 2. The van der Waals surface area contributed by atoms with E-state index in [0.29, 0.717) is 33.9 Å². The van der Waals surface area contributed by atoms with Crippen LogP contribution in [0, 0.1) is 0 Å². The molecule has 13 heteroatoms. The van der Waals surface area contributed by atoms with Crippen LogP contribution in [-0.4, -0.2) is 64.0 Å². The van der Waals surface area contributed by atoms with Crippen molar-refractivity contribution in [2.24, 2.45) is 16.5 Å². The zero-order valence-corrected chi connectivity index (χ0v) is 20.8. The van der Waals surface area contributed by atoms with E-state index in [-0.39, 0.29) is 24.8 Å². The molecule has 2 heterocycles. The summed E-state index contributed by atoms with van der Waals surface area (Å²) in [5.74, 6) is -2.74. The highest BCUT2D eigenvalue weighted by Gasteiger charge is 2.34. The number of fused-ring (bicyclic) bond motifs is 1. The van der Waals surface area contributed by atoms with Gasteiger partial charge in [-0.2, -0.15) is 5.10 Å². The van der Waals surface area contributed by atoms with E-state index in [4.69, 9.17) is 16.2 Å².